The molecule has 1 aromatic carbocycles. The third-order valence-corrected chi connectivity index (χ3v) is 2.88. The number of hydrogen-bond donors (Lipinski definition) is 1. The van der Waals surface area contributed by atoms with Gasteiger partial charge in [-0.3, -0.25) is 0 Å². The summed E-state index contributed by atoms with van der Waals surface area (Å²) in [5.74, 6) is 1.45. The van der Waals surface area contributed by atoms with Crippen molar-refractivity contribution in [2.24, 2.45) is 5.73 Å². The van der Waals surface area contributed by atoms with E-state index in [9.17, 15) is 0 Å². The molecule has 0 aliphatic heterocycles. The van der Waals surface area contributed by atoms with Gasteiger partial charge in [0.2, 0.25) is 5.88 Å². The molecular weight excluding hydrogens is 252 g/mol. The van der Waals surface area contributed by atoms with E-state index in [2.05, 4.69) is 4.98 Å². The number of nitrogens with zero attached hydrogens (tertiary/aromatic N) is 1. The summed E-state index contributed by atoms with van der Waals surface area (Å²) in [4.78, 5) is 4.32. The highest BCUT2D eigenvalue weighted by molar-refractivity contribution is 5.34. The van der Waals surface area contributed by atoms with Crippen LogP contribution in [0.25, 0.3) is 0 Å². The number of nitrogens with two attached hydrogens (primary N) is 1. The lowest BCUT2D eigenvalue weighted by Gasteiger charge is -2.13. The lowest BCUT2D eigenvalue weighted by Crippen LogP contribution is -2.18. The summed E-state index contributed by atoms with van der Waals surface area (Å²) in [7, 11) is 1.60. The van der Waals surface area contributed by atoms with E-state index in [1.54, 1.807) is 7.11 Å². The lowest BCUT2D eigenvalue weighted by molar-refractivity contribution is 0.294. The maximum absolute atomic E-state index is 5.85. The summed E-state index contributed by atoms with van der Waals surface area (Å²) in [6, 6.07) is 13.7. The molecule has 0 bridgehead atoms. The molecule has 0 aliphatic carbocycles. The lowest BCUT2D eigenvalue weighted by atomic mass is 10.1. The predicted octanol–water partition coefficient (Wildman–Crippen LogP) is 2.56. The van der Waals surface area contributed by atoms with Crippen molar-refractivity contribution < 1.29 is 9.47 Å². The smallest absolute Gasteiger partial charge is 0.213 e. The Morgan fingerprint density at radius 2 is 1.95 bits per heavy atom. The van der Waals surface area contributed by atoms with Crippen LogP contribution in [0.5, 0.6) is 11.6 Å². The largest absolute Gasteiger partial charge is 0.487 e. The van der Waals surface area contributed by atoms with Crippen LogP contribution in [0.2, 0.25) is 0 Å². The van der Waals surface area contributed by atoms with E-state index in [0.717, 1.165) is 23.4 Å². The minimum atomic E-state index is 0.106. The summed E-state index contributed by atoms with van der Waals surface area (Å²) in [6.07, 6.45) is 0.793. The van der Waals surface area contributed by atoms with E-state index in [1.807, 2.05) is 49.4 Å². The molecule has 1 heterocycles. The normalized spacial score (nSPS) is 11.9. The van der Waals surface area contributed by atoms with Gasteiger partial charge in [0.1, 0.15) is 12.4 Å². The molecule has 106 valence electrons. The van der Waals surface area contributed by atoms with E-state index in [4.69, 9.17) is 15.2 Å². The van der Waals surface area contributed by atoms with Gasteiger partial charge >= 0.3 is 0 Å². The van der Waals surface area contributed by atoms with Crippen molar-refractivity contribution in [2.45, 2.75) is 26.0 Å². The Morgan fingerprint density at radius 3 is 2.70 bits per heavy atom. The molecule has 2 N–H and O–H groups in total. The molecule has 0 spiro atoms. The maximum atomic E-state index is 5.85. The Kier molecular flexibility index (Phi) is 4.96. The molecule has 2 rings (SSSR count). The number of rotatable bonds is 6. The van der Waals surface area contributed by atoms with Gasteiger partial charge in [-0.15, -0.1) is 0 Å². The van der Waals surface area contributed by atoms with Crippen LogP contribution in [0.4, 0.5) is 0 Å². The standard InChI is InChI=1S/C16H20N2O2/c1-12(17)10-13-6-3-4-8-15(13)20-11-14-7-5-9-16(18-14)19-2/h3-9,12H,10-11,17H2,1-2H3. The van der Waals surface area contributed by atoms with Crippen molar-refractivity contribution in [1.29, 1.82) is 0 Å². The predicted molar refractivity (Wildman–Crippen MR) is 78.9 cm³/mol. The van der Waals surface area contributed by atoms with E-state index in [1.165, 1.54) is 0 Å². The van der Waals surface area contributed by atoms with Crippen LogP contribution in [-0.2, 0) is 13.0 Å². The van der Waals surface area contributed by atoms with Gasteiger partial charge in [0.05, 0.1) is 12.8 Å². The third kappa shape index (κ3) is 3.96. The van der Waals surface area contributed by atoms with Crippen LogP contribution >= 0.6 is 0 Å². The van der Waals surface area contributed by atoms with Gasteiger partial charge in [0.25, 0.3) is 0 Å². The first-order chi connectivity index (χ1) is 9.69. The Labute approximate surface area is 119 Å². The molecule has 2 aromatic rings. The van der Waals surface area contributed by atoms with Gasteiger partial charge in [-0.25, -0.2) is 4.98 Å². The van der Waals surface area contributed by atoms with Crippen LogP contribution < -0.4 is 15.2 Å². The van der Waals surface area contributed by atoms with Crippen LogP contribution in [0.1, 0.15) is 18.2 Å². The zero-order valence-electron chi connectivity index (χ0n) is 11.9. The molecular formula is C16H20N2O2. The van der Waals surface area contributed by atoms with Gasteiger partial charge in [-0.05, 0) is 31.0 Å². The minimum absolute atomic E-state index is 0.106. The fourth-order valence-electron chi connectivity index (χ4n) is 1.96. The number of pyridine rings is 1. The van der Waals surface area contributed by atoms with Gasteiger partial charge in [-0.1, -0.05) is 24.3 Å². The average Bonchev–Trinajstić information content (AvgIpc) is 2.46. The second kappa shape index (κ2) is 6.91. The van der Waals surface area contributed by atoms with E-state index < -0.39 is 0 Å². The zero-order chi connectivity index (χ0) is 14.4. The average molecular weight is 272 g/mol. The summed E-state index contributed by atoms with van der Waals surface area (Å²) < 4.78 is 11.0. The molecule has 4 heteroatoms. The van der Waals surface area contributed by atoms with E-state index >= 15 is 0 Å². The molecule has 1 aromatic heterocycles. The summed E-state index contributed by atoms with van der Waals surface area (Å²) in [5, 5.41) is 0. The van der Waals surface area contributed by atoms with Gasteiger partial charge in [-0.2, -0.15) is 0 Å². The number of aromatic nitrogens is 1. The van der Waals surface area contributed by atoms with Crippen molar-refractivity contribution >= 4 is 0 Å². The first kappa shape index (κ1) is 14.3. The molecule has 0 aliphatic rings. The number of para-hydroxylation sites is 1. The Morgan fingerprint density at radius 1 is 1.15 bits per heavy atom. The number of ether oxygens (including phenoxy) is 2. The Balaban J connectivity index is 2.06. The molecule has 1 unspecified atom stereocenters. The fraction of sp³-hybridized carbons (Fsp3) is 0.312. The van der Waals surface area contributed by atoms with E-state index in [-0.39, 0.29) is 6.04 Å². The van der Waals surface area contributed by atoms with Crippen LogP contribution in [0.3, 0.4) is 0 Å². The molecule has 0 fully saturated rings. The molecule has 4 nitrogen and oxygen atoms in total. The van der Waals surface area contributed by atoms with Gasteiger partial charge in [0.15, 0.2) is 0 Å². The van der Waals surface area contributed by atoms with E-state index in [0.29, 0.717) is 12.5 Å². The summed E-state index contributed by atoms with van der Waals surface area (Å²) in [6.45, 7) is 2.40. The summed E-state index contributed by atoms with van der Waals surface area (Å²) >= 11 is 0. The summed E-state index contributed by atoms with van der Waals surface area (Å²) in [5.41, 5.74) is 7.80. The molecule has 0 saturated carbocycles. The second-order valence-corrected chi connectivity index (χ2v) is 4.75. The first-order valence-corrected chi connectivity index (χ1v) is 6.65. The van der Waals surface area contributed by atoms with Crippen LogP contribution in [0.15, 0.2) is 42.5 Å². The monoisotopic (exact) mass is 272 g/mol. The highest BCUT2D eigenvalue weighted by atomic mass is 16.5. The van der Waals surface area contributed by atoms with Crippen LogP contribution in [0, 0.1) is 0 Å². The number of methoxy groups -OCH3 is 1. The van der Waals surface area contributed by atoms with Crippen molar-refractivity contribution in [3.8, 4) is 11.6 Å². The SMILES string of the molecule is COc1cccc(COc2ccccc2CC(C)N)n1. The highest BCUT2D eigenvalue weighted by Gasteiger charge is 2.06. The molecule has 20 heavy (non-hydrogen) atoms. The third-order valence-electron chi connectivity index (χ3n) is 2.88. The van der Waals surface area contributed by atoms with Crippen molar-refractivity contribution in [3.05, 3.63) is 53.7 Å². The van der Waals surface area contributed by atoms with Crippen LogP contribution in [-0.4, -0.2) is 18.1 Å². The topological polar surface area (TPSA) is 57.4 Å². The number of hydrogen-bond acceptors (Lipinski definition) is 4. The van der Waals surface area contributed by atoms with Crippen molar-refractivity contribution in [1.82, 2.24) is 4.98 Å². The van der Waals surface area contributed by atoms with Crippen molar-refractivity contribution in [2.75, 3.05) is 7.11 Å². The fourth-order valence-corrected chi connectivity index (χ4v) is 1.96. The minimum Gasteiger partial charge on any atom is -0.487 e. The zero-order valence-corrected chi connectivity index (χ0v) is 11.9. The quantitative estimate of drug-likeness (QED) is 0.878. The molecule has 0 amide bonds. The Hall–Kier alpha value is -2.07. The second-order valence-electron chi connectivity index (χ2n) is 4.75. The number of benzene rings is 1. The molecule has 0 saturated heterocycles. The Bertz CT molecular complexity index is 556. The molecule has 0 radical (unpaired) electrons. The van der Waals surface area contributed by atoms with Crippen molar-refractivity contribution in [3.63, 3.8) is 0 Å². The van der Waals surface area contributed by atoms with Gasteiger partial charge in [0, 0.05) is 12.1 Å². The molecule has 1 atom stereocenters. The van der Waals surface area contributed by atoms with Gasteiger partial charge < -0.3 is 15.2 Å². The highest BCUT2D eigenvalue weighted by Crippen LogP contribution is 2.20. The first-order valence-electron chi connectivity index (χ1n) is 6.65. The maximum Gasteiger partial charge on any atom is 0.213 e.